The summed E-state index contributed by atoms with van der Waals surface area (Å²) in [6.07, 6.45) is 0. The average molecular weight is 953 g/mol. The molecule has 75 heavy (non-hydrogen) atoms. The summed E-state index contributed by atoms with van der Waals surface area (Å²) in [5.74, 6) is 0. The van der Waals surface area contributed by atoms with E-state index >= 15 is 0 Å². The second-order valence-corrected chi connectivity index (χ2v) is 20.6. The van der Waals surface area contributed by atoms with Crippen molar-refractivity contribution in [2.45, 2.75) is 13.8 Å². The molecule has 0 spiro atoms. The van der Waals surface area contributed by atoms with Crippen molar-refractivity contribution in [2.75, 3.05) is 9.80 Å². The molecule has 0 amide bonds. The SMILES string of the molecule is Cc1cc(-c2ccccc2)cc(C)c1-c1cc2c3c(c1)N(c1ccc(-c4ccccc4)cc1)c1c(ccc4cc5ccccc5cc14)B3c1ccc3cc4ccccc4cc3c1N2c1ccc(-c2ccccc2)cc1. The van der Waals surface area contributed by atoms with Crippen molar-refractivity contribution in [3.8, 4) is 44.5 Å². The number of nitrogens with zero attached hydrogens (tertiary/aromatic N) is 2. The third kappa shape index (κ3) is 6.96. The van der Waals surface area contributed by atoms with Gasteiger partial charge < -0.3 is 9.80 Å². The Morgan fingerprint density at radius 2 is 0.640 bits per heavy atom. The lowest BCUT2D eigenvalue weighted by Gasteiger charge is -2.45. The van der Waals surface area contributed by atoms with Crippen LogP contribution in [0.5, 0.6) is 0 Å². The molecule has 0 bridgehead atoms. The van der Waals surface area contributed by atoms with Crippen molar-refractivity contribution in [1.82, 2.24) is 0 Å². The van der Waals surface area contributed by atoms with E-state index in [-0.39, 0.29) is 6.71 Å². The van der Waals surface area contributed by atoms with Crippen molar-refractivity contribution in [1.29, 1.82) is 0 Å². The molecule has 3 heteroatoms. The molecule has 0 radical (unpaired) electrons. The zero-order chi connectivity index (χ0) is 49.7. The molecular weight excluding hydrogens is 904 g/mol. The fourth-order valence-electron chi connectivity index (χ4n) is 12.8. The molecule has 0 atom stereocenters. The van der Waals surface area contributed by atoms with Crippen LogP contribution in [0.4, 0.5) is 34.1 Å². The number of hydrogen-bond donors (Lipinski definition) is 0. The van der Waals surface area contributed by atoms with Gasteiger partial charge in [0, 0.05) is 44.9 Å². The molecule has 2 heterocycles. The summed E-state index contributed by atoms with van der Waals surface area (Å²) in [6, 6.07) is 97.6. The second kappa shape index (κ2) is 17.1. The van der Waals surface area contributed by atoms with Gasteiger partial charge >= 0.3 is 0 Å². The molecule has 2 aliphatic heterocycles. The molecule has 15 rings (SSSR count). The summed E-state index contributed by atoms with van der Waals surface area (Å²) >= 11 is 0. The van der Waals surface area contributed by atoms with Gasteiger partial charge in [-0.2, -0.15) is 0 Å². The second-order valence-electron chi connectivity index (χ2n) is 20.6. The van der Waals surface area contributed by atoms with Gasteiger partial charge in [-0.25, -0.2) is 0 Å². The molecule has 0 fully saturated rings. The molecule has 0 saturated carbocycles. The zero-order valence-electron chi connectivity index (χ0n) is 41.8. The first kappa shape index (κ1) is 43.2. The minimum absolute atomic E-state index is 0.0804. The van der Waals surface area contributed by atoms with Crippen LogP contribution >= 0.6 is 0 Å². The summed E-state index contributed by atoms with van der Waals surface area (Å²) in [6.45, 7) is 4.51. The summed E-state index contributed by atoms with van der Waals surface area (Å²) in [5.41, 5.74) is 23.2. The van der Waals surface area contributed by atoms with Crippen LogP contribution in [0.3, 0.4) is 0 Å². The van der Waals surface area contributed by atoms with E-state index in [1.54, 1.807) is 0 Å². The van der Waals surface area contributed by atoms with Crippen molar-refractivity contribution in [3.05, 3.63) is 272 Å². The first-order valence-electron chi connectivity index (χ1n) is 26.2. The summed E-state index contributed by atoms with van der Waals surface area (Å²) in [5, 5.41) is 9.87. The molecule has 0 unspecified atom stereocenters. The van der Waals surface area contributed by atoms with E-state index in [1.165, 1.54) is 138 Å². The summed E-state index contributed by atoms with van der Waals surface area (Å²) < 4.78 is 0. The van der Waals surface area contributed by atoms with E-state index < -0.39 is 0 Å². The Kier molecular flexibility index (Phi) is 9.84. The standard InChI is InChI=1S/C72H49BN2/c1-46-38-59(50-20-10-5-11-21-50)39-47(2)69(46)60-44-67-70-68(45-60)75(62-34-28-52(29-35-62)49-18-8-4-9-19-49)72-64-43-56-25-15-13-23-54(56)41-58(64)31-37-66(72)73(70)65-36-30-57-40-53-22-12-14-24-55(53)42-63(57)71(65)74(67)61-32-26-51(27-33-61)48-16-6-3-7-17-48/h3-45H,1-2H3. The predicted molar refractivity (Wildman–Crippen MR) is 322 cm³/mol. The van der Waals surface area contributed by atoms with Gasteiger partial charge in [-0.3, -0.25) is 0 Å². The van der Waals surface area contributed by atoms with Gasteiger partial charge in [0.2, 0.25) is 0 Å². The number of rotatable bonds is 6. The third-order valence-corrected chi connectivity index (χ3v) is 16.1. The lowest BCUT2D eigenvalue weighted by atomic mass is 9.33. The van der Waals surface area contributed by atoms with Gasteiger partial charge in [-0.1, -0.05) is 200 Å². The molecule has 0 N–H and O–H groups in total. The number of fused-ring (bicyclic) bond motifs is 10. The monoisotopic (exact) mass is 952 g/mol. The first-order chi connectivity index (χ1) is 37.0. The van der Waals surface area contributed by atoms with Gasteiger partial charge in [-0.05, 0) is 179 Å². The lowest BCUT2D eigenvalue weighted by Crippen LogP contribution is -2.61. The zero-order valence-corrected chi connectivity index (χ0v) is 41.8. The molecule has 0 aromatic heterocycles. The van der Waals surface area contributed by atoms with E-state index in [0.29, 0.717) is 0 Å². The van der Waals surface area contributed by atoms with E-state index in [9.17, 15) is 0 Å². The van der Waals surface area contributed by atoms with Gasteiger partial charge in [0.05, 0.1) is 0 Å². The molecule has 13 aromatic rings. The first-order valence-corrected chi connectivity index (χ1v) is 26.2. The van der Waals surface area contributed by atoms with Gasteiger partial charge in [-0.15, -0.1) is 0 Å². The maximum Gasteiger partial charge on any atom is 0.252 e. The fourth-order valence-corrected chi connectivity index (χ4v) is 12.8. The topological polar surface area (TPSA) is 6.48 Å². The number of aryl methyl sites for hydroxylation is 2. The van der Waals surface area contributed by atoms with Crippen LogP contribution in [0, 0.1) is 13.8 Å². The van der Waals surface area contributed by atoms with Crippen LogP contribution in [0.1, 0.15) is 11.1 Å². The minimum atomic E-state index is -0.0804. The quantitative estimate of drug-likeness (QED) is 0.121. The van der Waals surface area contributed by atoms with Crippen LogP contribution in [0.2, 0.25) is 0 Å². The van der Waals surface area contributed by atoms with Gasteiger partial charge in [0.15, 0.2) is 0 Å². The van der Waals surface area contributed by atoms with Crippen LogP contribution in [0.25, 0.3) is 87.6 Å². The maximum atomic E-state index is 2.61. The highest BCUT2D eigenvalue weighted by Gasteiger charge is 2.45. The average Bonchev–Trinajstić information content (AvgIpc) is 3.47. The molecular formula is C72H49BN2. The normalized spacial score (nSPS) is 12.6. The van der Waals surface area contributed by atoms with E-state index in [1.807, 2.05) is 0 Å². The minimum Gasteiger partial charge on any atom is -0.311 e. The Hall–Kier alpha value is -9.44. The van der Waals surface area contributed by atoms with Crippen molar-refractivity contribution in [2.24, 2.45) is 0 Å². The smallest absolute Gasteiger partial charge is 0.252 e. The highest BCUT2D eigenvalue weighted by molar-refractivity contribution is 7.00. The van der Waals surface area contributed by atoms with Gasteiger partial charge in [0.1, 0.15) is 0 Å². The number of benzene rings is 13. The molecule has 0 saturated heterocycles. The Morgan fingerprint density at radius 1 is 0.280 bits per heavy atom. The Labute approximate surface area is 438 Å². The van der Waals surface area contributed by atoms with Crippen molar-refractivity contribution < 1.29 is 0 Å². The van der Waals surface area contributed by atoms with Crippen LogP contribution < -0.4 is 26.2 Å². The highest BCUT2D eigenvalue weighted by atomic mass is 15.2. The summed E-state index contributed by atoms with van der Waals surface area (Å²) in [7, 11) is 0. The van der Waals surface area contributed by atoms with Crippen LogP contribution in [-0.4, -0.2) is 6.71 Å². The van der Waals surface area contributed by atoms with Crippen molar-refractivity contribution in [3.63, 3.8) is 0 Å². The fraction of sp³-hybridized carbons (Fsp3) is 0.0278. The van der Waals surface area contributed by atoms with E-state index in [2.05, 4.69) is 285 Å². The lowest BCUT2D eigenvalue weighted by molar-refractivity contribution is 1.26. The van der Waals surface area contributed by atoms with E-state index in [0.717, 1.165) is 11.4 Å². The highest BCUT2D eigenvalue weighted by Crippen LogP contribution is 2.50. The molecule has 0 aliphatic carbocycles. The Balaban J connectivity index is 1.07. The number of hydrogen-bond acceptors (Lipinski definition) is 2. The molecule has 2 aliphatic rings. The van der Waals surface area contributed by atoms with Crippen LogP contribution in [-0.2, 0) is 0 Å². The van der Waals surface area contributed by atoms with Gasteiger partial charge in [0.25, 0.3) is 6.71 Å². The predicted octanol–water partition coefficient (Wildman–Crippen LogP) is 17.7. The number of anilines is 6. The van der Waals surface area contributed by atoms with Crippen LogP contribution in [0.15, 0.2) is 261 Å². The summed E-state index contributed by atoms with van der Waals surface area (Å²) in [4.78, 5) is 5.22. The van der Waals surface area contributed by atoms with E-state index in [4.69, 9.17) is 0 Å². The molecule has 2 nitrogen and oxygen atoms in total. The largest absolute Gasteiger partial charge is 0.311 e. The molecule has 350 valence electrons. The van der Waals surface area contributed by atoms with Crippen molar-refractivity contribution >= 4 is 100 Å². The third-order valence-electron chi connectivity index (χ3n) is 16.1. The maximum absolute atomic E-state index is 2.61. The Bertz CT molecular complexity index is 4160. The Morgan fingerprint density at radius 3 is 1.05 bits per heavy atom. The molecule has 13 aromatic carbocycles.